The smallest absolute Gasteiger partial charge is 0.339 e. The Morgan fingerprint density at radius 2 is 1.52 bits per heavy atom. The van der Waals surface area contributed by atoms with Gasteiger partial charge in [0.2, 0.25) is 0 Å². The highest BCUT2D eigenvalue weighted by Crippen LogP contribution is 2.29. The minimum absolute atomic E-state index is 0.166. The number of benzene rings is 2. The lowest BCUT2D eigenvalue weighted by atomic mass is 9.98. The topological polar surface area (TPSA) is 61.8 Å². The molecule has 0 radical (unpaired) electrons. The van der Waals surface area contributed by atoms with Crippen LogP contribution < -0.4 is 4.74 Å². The van der Waals surface area contributed by atoms with Gasteiger partial charge in [0.25, 0.3) is 0 Å². The van der Waals surface area contributed by atoms with Gasteiger partial charge in [-0.05, 0) is 44.4 Å². The minimum atomic E-state index is -0.594. The Kier molecular flexibility index (Phi) is 4.59. The van der Waals surface area contributed by atoms with E-state index >= 15 is 0 Å². The molecule has 0 amide bonds. The Hall–Kier alpha value is -2.56. The molecule has 0 fully saturated rings. The molecule has 0 spiro atoms. The molecule has 5 nitrogen and oxygen atoms in total. The van der Waals surface area contributed by atoms with Crippen LogP contribution in [-0.4, -0.2) is 31.8 Å². The van der Waals surface area contributed by atoms with E-state index in [2.05, 4.69) is 0 Å². The molecular formula is C18H20O5. The van der Waals surface area contributed by atoms with E-state index in [-0.39, 0.29) is 16.7 Å². The number of esters is 2. The highest BCUT2D eigenvalue weighted by molar-refractivity contribution is 6.12. The van der Waals surface area contributed by atoms with E-state index in [1.165, 1.54) is 14.2 Å². The monoisotopic (exact) mass is 316 g/mol. The molecule has 0 aliphatic rings. The van der Waals surface area contributed by atoms with Crippen LogP contribution in [0.5, 0.6) is 5.75 Å². The SMILES string of the molecule is COC(=O)c1ccc2ccc(OC(C)(C)C)cc2c1C(=O)OC. The molecule has 0 bridgehead atoms. The first-order valence-electron chi connectivity index (χ1n) is 7.19. The lowest BCUT2D eigenvalue weighted by Crippen LogP contribution is -2.22. The predicted molar refractivity (Wildman–Crippen MR) is 87.0 cm³/mol. The molecule has 122 valence electrons. The van der Waals surface area contributed by atoms with Crippen LogP contribution in [0.2, 0.25) is 0 Å². The molecule has 5 heteroatoms. The van der Waals surface area contributed by atoms with Gasteiger partial charge in [0.1, 0.15) is 11.4 Å². The van der Waals surface area contributed by atoms with E-state index in [1.54, 1.807) is 18.2 Å². The van der Waals surface area contributed by atoms with Gasteiger partial charge in [-0.1, -0.05) is 12.1 Å². The average Bonchev–Trinajstić information content (AvgIpc) is 2.50. The van der Waals surface area contributed by atoms with Crippen LogP contribution in [0, 0.1) is 0 Å². The van der Waals surface area contributed by atoms with Gasteiger partial charge in [0.05, 0.1) is 25.3 Å². The van der Waals surface area contributed by atoms with Crippen LogP contribution >= 0.6 is 0 Å². The highest BCUT2D eigenvalue weighted by atomic mass is 16.5. The van der Waals surface area contributed by atoms with Crippen molar-refractivity contribution >= 4 is 22.7 Å². The van der Waals surface area contributed by atoms with Crippen LogP contribution in [0.1, 0.15) is 41.5 Å². The molecule has 0 N–H and O–H groups in total. The molecule has 0 aliphatic carbocycles. The number of hydrogen-bond acceptors (Lipinski definition) is 5. The summed E-state index contributed by atoms with van der Waals surface area (Å²) in [7, 11) is 2.55. The molecule has 0 heterocycles. The van der Waals surface area contributed by atoms with Crippen molar-refractivity contribution in [3.63, 3.8) is 0 Å². The van der Waals surface area contributed by atoms with Crippen LogP contribution in [-0.2, 0) is 9.47 Å². The van der Waals surface area contributed by atoms with E-state index < -0.39 is 11.9 Å². The number of carbonyl (C=O) groups is 2. The molecule has 0 unspecified atom stereocenters. The third-order valence-corrected chi connectivity index (χ3v) is 3.21. The fourth-order valence-corrected chi connectivity index (χ4v) is 2.32. The van der Waals surface area contributed by atoms with Crippen molar-refractivity contribution in [1.29, 1.82) is 0 Å². The zero-order chi connectivity index (χ0) is 17.2. The van der Waals surface area contributed by atoms with Gasteiger partial charge in [-0.2, -0.15) is 0 Å². The molecule has 23 heavy (non-hydrogen) atoms. The summed E-state index contributed by atoms with van der Waals surface area (Å²) < 4.78 is 15.4. The zero-order valence-electron chi connectivity index (χ0n) is 13.9. The lowest BCUT2D eigenvalue weighted by Gasteiger charge is -2.21. The standard InChI is InChI=1S/C18H20O5/c1-18(2,3)23-12-8-6-11-7-9-13(16(19)21-4)15(14(11)10-12)17(20)22-5/h6-10H,1-5H3. The minimum Gasteiger partial charge on any atom is -0.488 e. The normalized spacial score (nSPS) is 11.2. The van der Waals surface area contributed by atoms with Gasteiger partial charge in [-0.3, -0.25) is 0 Å². The van der Waals surface area contributed by atoms with Gasteiger partial charge in [0, 0.05) is 5.39 Å². The van der Waals surface area contributed by atoms with Crippen molar-refractivity contribution in [2.24, 2.45) is 0 Å². The first-order valence-corrected chi connectivity index (χ1v) is 7.19. The third-order valence-electron chi connectivity index (χ3n) is 3.21. The Bertz CT molecular complexity index is 756. The van der Waals surface area contributed by atoms with Crippen LogP contribution in [0.25, 0.3) is 10.8 Å². The van der Waals surface area contributed by atoms with Gasteiger partial charge >= 0.3 is 11.9 Å². The number of ether oxygens (including phenoxy) is 3. The Labute approximate surface area is 135 Å². The maximum Gasteiger partial charge on any atom is 0.339 e. The highest BCUT2D eigenvalue weighted by Gasteiger charge is 2.22. The Morgan fingerprint density at radius 3 is 2.09 bits per heavy atom. The van der Waals surface area contributed by atoms with Crippen molar-refractivity contribution in [3.05, 3.63) is 41.5 Å². The van der Waals surface area contributed by atoms with Gasteiger partial charge in [-0.25, -0.2) is 9.59 Å². The number of carbonyl (C=O) groups excluding carboxylic acids is 2. The molecule has 0 saturated carbocycles. The Balaban J connectivity index is 2.71. The van der Waals surface area contributed by atoms with Crippen molar-refractivity contribution in [2.75, 3.05) is 14.2 Å². The number of fused-ring (bicyclic) bond motifs is 1. The number of hydrogen-bond donors (Lipinski definition) is 0. The van der Waals surface area contributed by atoms with Crippen LogP contribution in [0.3, 0.4) is 0 Å². The first kappa shape index (κ1) is 16.8. The molecule has 2 aromatic carbocycles. The van der Waals surface area contributed by atoms with Crippen molar-refractivity contribution < 1.29 is 23.8 Å². The maximum absolute atomic E-state index is 12.2. The van der Waals surface area contributed by atoms with Gasteiger partial charge in [-0.15, -0.1) is 0 Å². The Morgan fingerprint density at radius 1 is 0.913 bits per heavy atom. The summed E-state index contributed by atoms with van der Waals surface area (Å²) in [5, 5.41) is 1.39. The summed E-state index contributed by atoms with van der Waals surface area (Å²) in [5.74, 6) is -0.574. The van der Waals surface area contributed by atoms with E-state index in [1.807, 2.05) is 32.9 Å². The number of rotatable bonds is 3. The summed E-state index contributed by atoms with van der Waals surface area (Å²) in [5.41, 5.74) is -0.0324. The summed E-state index contributed by atoms with van der Waals surface area (Å²) in [6.07, 6.45) is 0. The van der Waals surface area contributed by atoms with Crippen LogP contribution in [0.15, 0.2) is 30.3 Å². The summed E-state index contributed by atoms with van der Waals surface area (Å²) in [6.45, 7) is 5.80. The maximum atomic E-state index is 12.2. The molecule has 0 atom stereocenters. The average molecular weight is 316 g/mol. The van der Waals surface area contributed by atoms with Gasteiger partial charge < -0.3 is 14.2 Å². The molecular weight excluding hydrogens is 296 g/mol. The second kappa shape index (κ2) is 6.28. The first-order chi connectivity index (χ1) is 10.8. The fraction of sp³-hybridized carbons (Fsp3) is 0.333. The molecule has 0 aromatic heterocycles. The third kappa shape index (κ3) is 3.62. The largest absolute Gasteiger partial charge is 0.488 e. The fourth-order valence-electron chi connectivity index (χ4n) is 2.32. The predicted octanol–water partition coefficient (Wildman–Crippen LogP) is 3.59. The summed E-state index contributed by atoms with van der Waals surface area (Å²) >= 11 is 0. The molecule has 2 aromatic rings. The van der Waals surface area contributed by atoms with Crippen molar-refractivity contribution in [2.45, 2.75) is 26.4 Å². The lowest BCUT2D eigenvalue weighted by molar-refractivity contribution is 0.0557. The van der Waals surface area contributed by atoms with Crippen LogP contribution in [0.4, 0.5) is 0 Å². The molecule has 2 rings (SSSR count). The zero-order valence-corrected chi connectivity index (χ0v) is 13.9. The van der Waals surface area contributed by atoms with E-state index in [9.17, 15) is 9.59 Å². The van der Waals surface area contributed by atoms with Gasteiger partial charge in [0.15, 0.2) is 0 Å². The summed E-state index contributed by atoms with van der Waals surface area (Å²) in [4.78, 5) is 24.1. The van der Waals surface area contributed by atoms with E-state index in [4.69, 9.17) is 14.2 Å². The number of methoxy groups -OCH3 is 2. The van der Waals surface area contributed by atoms with E-state index in [0.29, 0.717) is 11.1 Å². The summed E-state index contributed by atoms with van der Waals surface area (Å²) in [6, 6.07) is 8.72. The van der Waals surface area contributed by atoms with Crippen molar-refractivity contribution in [3.8, 4) is 5.75 Å². The second-order valence-electron chi connectivity index (χ2n) is 6.07. The second-order valence-corrected chi connectivity index (χ2v) is 6.07. The molecule has 0 aliphatic heterocycles. The quantitative estimate of drug-likeness (QED) is 0.810. The molecule has 0 saturated heterocycles. The van der Waals surface area contributed by atoms with E-state index in [0.717, 1.165) is 5.39 Å². The van der Waals surface area contributed by atoms with Crippen molar-refractivity contribution in [1.82, 2.24) is 0 Å².